The average Bonchev–Trinajstić information content (AvgIpc) is 0.845. The van der Waals surface area contributed by atoms with Crippen molar-refractivity contribution in [2.75, 3.05) is 67.9 Å². The van der Waals surface area contributed by atoms with Crippen molar-refractivity contribution in [2.45, 2.75) is 235 Å². The molecule has 1 rings (SSSR count). The Bertz CT molecular complexity index is 2690. The number of rotatable bonds is 20. The van der Waals surface area contributed by atoms with E-state index in [1.807, 2.05) is 41.5 Å². The van der Waals surface area contributed by atoms with Crippen LogP contribution in [0.4, 0.5) is 0 Å². The molecule has 0 radical (unpaired) electrons. The van der Waals surface area contributed by atoms with Gasteiger partial charge in [-0.1, -0.05) is 102 Å². The smallest absolute Gasteiger partial charge is 0.246 e. The van der Waals surface area contributed by atoms with Gasteiger partial charge < -0.3 is 65.8 Å². The van der Waals surface area contributed by atoms with Gasteiger partial charge in [0.25, 0.3) is 0 Å². The number of hydrogen-bond donors (Lipinski definition) is 6. The number of amides is 11. The second kappa shape index (κ2) is 38.4. The molecular weight excluding hydrogens is 1220 g/mol. The second-order valence-electron chi connectivity index (χ2n) is 27.9. The van der Waals surface area contributed by atoms with Gasteiger partial charge >= 0.3 is 0 Å². The molecule has 11 amide bonds. The number of sulfone groups is 1. The third kappa shape index (κ3) is 24.2. The van der Waals surface area contributed by atoms with Crippen LogP contribution in [0.2, 0.25) is 0 Å². The summed E-state index contributed by atoms with van der Waals surface area (Å²) in [4.78, 5) is 171. The molecule has 6 N–H and O–H groups in total. The first-order valence-electron chi connectivity index (χ1n) is 33.0. The quantitative estimate of drug-likeness (QED) is 0.0954. The Morgan fingerprint density at radius 3 is 1.41 bits per heavy atom. The molecule has 1 saturated heterocycles. The molecule has 1 heterocycles. The minimum Gasteiger partial charge on any atom is -0.396 e. The monoisotopic (exact) mass is 1340 g/mol. The molecule has 14 atom stereocenters. The third-order valence-corrected chi connectivity index (χ3v) is 18.8. The number of aliphatic hydroxyl groups excluding tert-OH is 2. The van der Waals surface area contributed by atoms with Crippen molar-refractivity contribution in [3.8, 4) is 0 Å². The van der Waals surface area contributed by atoms with Crippen molar-refractivity contribution >= 4 is 74.8 Å². The van der Waals surface area contributed by atoms with Gasteiger partial charge in [0.15, 0.2) is 0 Å². The van der Waals surface area contributed by atoms with E-state index in [-0.39, 0.29) is 62.7 Å². The minimum absolute atomic E-state index is 0.0316. The number of likely N-dealkylation sites (N-methyl/N-ethyl adjacent to an activating group) is 7. The molecule has 0 aromatic carbocycles. The molecule has 1 aliphatic heterocycles. The maximum Gasteiger partial charge on any atom is 0.246 e. The Morgan fingerprint density at radius 1 is 0.495 bits per heavy atom. The van der Waals surface area contributed by atoms with Gasteiger partial charge in [0, 0.05) is 62.2 Å². The first-order valence-corrected chi connectivity index (χ1v) is 35.1. The molecular formula is C66H119N11O15S. The van der Waals surface area contributed by atoms with Crippen LogP contribution in [0.25, 0.3) is 0 Å². The summed E-state index contributed by atoms with van der Waals surface area (Å²) in [5.74, 6) is -12.7. The zero-order valence-electron chi connectivity index (χ0n) is 60.4. The molecule has 0 bridgehead atoms. The summed E-state index contributed by atoms with van der Waals surface area (Å²) in [6.07, 6.45) is 3.56. The van der Waals surface area contributed by atoms with E-state index in [1.54, 1.807) is 60.6 Å². The fourth-order valence-electron chi connectivity index (χ4n) is 12.0. The van der Waals surface area contributed by atoms with E-state index in [1.165, 1.54) is 84.8 Å². The van der Waals surface area contributed by atoms with E-state index in [0.717, 1.165) is 25.9 Å². The van der Waals surface area contributed by atoms with E-state index in [9.17, 15) is 47.4 Å². The van der Waals surface area contributed by atoms with Crippen LogP contribution in [0.1, 0.15) is 162 Å². The normalized spacial score (nSPS) is 26.9. The molecule has 0 spiro atoms. The van der Waals surface area contributed by atoms with Gasteiger partial charge in [0.1, 0.15) is 76.3 Å². The molecule has 0 unspecified atom stereocenters. The standard InChI is InChI=1S/C66H119N11O15S/c1-25-27-29-42(13)55(79)54-59(83)69-46(26-2)61(85)72(18)48(30-28-33-78)62(86)76(22)53(43(14)36-93(24,91)92)58(82)70-51(40(9)10)65(89)71(17)47(32-31-37(3)4)57(81)67-44(15)56(80)68-45(16)60(84)73(19)49(34-38(5)6)63(87)74(20)50(35-39(7)8)64(88)75(21)52(41(11)12)66(90)77(54)23/h25,27,37-55,78-79H,26,28-36H2,1-24H3,(H,67,81)(H,68,80)(H,69,83)(H,70,82)/b27-25+/t42-,43-,44+,45-,46+,47+,48-,49+,50+,51+,52+,53+,54+,55-/m1/s1. The molecule has 1 fully saturated rings. The Kier molecular flexibility index (Phi) is 35.0. The SMILES string of the molecule is C/C=C/C[C@@H](C)[C@@H](O)[C@H]1C(=O)N[C@@H](CC)C(=O)N(C)[C@H](CCCO)C(=O)N(C)[C@@H]([C@H](C)CS(C)(=O)=O)C(=O)N[C@@H](C(C)C)C(=O)N(C)[C@@H](CCC(C)C)C(=O)N[C@@H](C)C(=O)N[C@H](C)C(=O)N(C)[C@@H](CC(C)C)C(=O)N(C)[C@@H](CC(C)C)C(=O)N(C)[C@@H](C(C)C)C(=O)N1C. The van der Waals surface area contributed by atoms with Crippen LogP contribution < -0.4 is 21.3 Å². The Morgan fingerprint density at radius 2 is 0.946 bits per heavy atom. The van der Waals surface area contributed by atoms with Gasteiger partial charge in [-0.3, -0.25) is 52.7 Å². The third-order valence-electron chi connectivity index (χ3n) is 17.7. The van der Waals surface area contributed by atoms with Crippen molar-refractivity contribution in [1.82, 2.24) is 55.6 Å². The topological polar surface area (TPSA) is 333 Å². The fraction of sp³-hybridized carbons (Fsp3) is 0.803. The summed E-state index contributed by atoms with van der Waals surface area (Å²) in [5, 5.41) is 33.2. The Balaban J connectivity index is 4.59. The molecule has 0 aromatic heterocycles. The van der Waals surface area contributed by atoms with E-state index in [4.69, 9.17) is 0 Å². The molecule has 0 aliphatic carbocycles. The van der Waals surface area contributed by atoms with Crippen LogP contribution in [0, 0.1) is 41.4 Å². The van der Waals surface area contributed by atoms with E-state index in [0.29, 0.717) is 6.42 Å². The highest BCUT2D eigenvalue weighted by atomic mass is 32.2. The predicted molar refractivity (Wildman–Crippen MR) is 358 cm³/mol. The summed E-state index contributed by atoms with van der Waals surface area (Å²) >= 11 is 0. The van der Waals surface area contributed by atoms with Crippen LogP contribution in [0.15, 0.2) is 12.2 Å². The highest BCUT2D eigenvalue weighted by Gasteiger charge is 2.47. The van der Waals surface area contributed by atoms with Crippen molar-refractivity contribution < 1.29 is 71.4 Å². The summed E-state index contributed by atoms with van der Waals surface area (Å²) in [5.41, 5.74) is 0. The van der Waals surface area contributed by atoms with Crippen LogP contribution in [-0.2, 0) is 62.6 Å². The highest BCUT2D eigenvalue weighted by molar-refractivity contribution is 7.90. The molecule has 93 heavy (non-hydrogen) atoms. The molecule has 534 valence electrons. The molecule has 27 heteroatoms. The lowest BCUT2D eigenvalue weighted by Gasteiger charge is -2.41. The Hall–Kier alpha value is -6.22. The van der Waals surface area contributed by atoms with E-state index in [2.05, 4.69) is 21.3 Å². The van der Waals surface area contributed by atoms with Crippen LogP contribution in [0.3, 0.4) is 0 Å². The van der Waals surface area contributed by atoms with Crippen LogP contribution in [-0.4, -0.2) is 258 Å². The first kappa shape index (κ1) is 84.8. The van der Waals surface area contributed by atoms with Gasteiger partial charge in [-0.2, -0.15) is 0 Å². The van der Waals surface area contributed by atoms with Crippen LogP contribution >= 0.6 is 0 Å². The van der Waals surface area contributed by atoms with Gasteiger partial charge in [-0.15, -0.1) is 0 Å². The van der Waals surface area contributed by atoms with Gasteiger partial charge in [-0.25, -0.2) is 8.42 Å². The average molecular weight is 1340 g/mol. The van der Waals surface area contributed by atoms with Gasteiger partial charge in [0.2, 0.25) is 65.0 Å². The van der Waals surface area contributed by atoms with Crippen molar-refractivity contribution in [3.05, 3.63) is 12.2 Å². The number of nitrogens with one attached hydrogen (secondary N) is 4. The van der Waals surface area contributed by atoms with E-state index >= 15 is 24.0 Å². The van der Waals surface area contributed by atoms with Gasteiger partial charge in [0.05, 0.1) is 11.9 Å². The second-order valence-corrected chi connectivity index (χ2v) is 30.1. The fourth-order valence-corrected chi connectivity index (χ4v) is 13.1. The number of allylic oxidation sites excluding steroid dienone is 2. The van der Waals surface area contributed by atoms with Gasteiger partial charge in [-0.05, 0) is 114 Å². The van der Waals surface area contributed by atoms with E-state index < -0.39 is 183 Å². The summed E-state index contributed by atoms with van der Waals surface area (Å²) in [6, 6.07) is -15.1. The highest BCUT2D eigenvalue weighted by Crippen LogP contribution is 2.27. The summed E-state index contributed by atoms with van der Waals surface area (Å²) in [7, 11) is 5.61. The zero-order valence-corrected chi connectivity index (χ0v) is 61.3. The first-order chi connectivity index (χ1) is 42.9. The maximum absolute atomic E-state index is 15.3. The molecule has 26 nitrogen and oxygen atoms in total. The molecule has 0 saturated carbocycles. The number of carbonyl (C=O) groups excluding carboxylic acids is 11. The number of nitrogens with zero attached hydrogens (tertiary/aromatic N) is 7. The van der Waals surface area contributed by atoms with Crippen LogP contribution in [0.5, 0.6) is 0 Å². The lowest BCUT2D eigenvalue weighted by molar-refractivity contribution is -0.157. The van der Waals surface area contributed by atoms with Crippen molar-refractivity contribution in [2.24, 2.45) is 41.4 Å². The largest absolute Gasteiger partial charge is 0.396 e. The van der Waals surface area contributed by atoms with Crippen molar-refractivity contribution in [1.29, 1.82) is 0 Å². The number of carbonyl (C=O) groups is 11. The lowest BCUT2D eigenvalue weighted by atomic mass is 9.91. The number of aliphatic hydroxyl groups is 2. The molecule has 1 aliphatic rings. The number of hydrogen-bond acceptors (Lipinski definition) is 15. The Labute approximate surface area is 555 Å². The summed E-state index contributed by atoms with van der Waals surface area (Å²) < 4.78 is 26.0. The molecule has 0 aromatic rings. The summed E-state index contributed by atoms with van der Waals surface area (Å²) in [6.45, 7) is 26.7. The maximum atomic E-state index is 15.3. The minimum atomic E-state index is -3.86. The lowest BCUT2D eigenvalue weighted by Crippen LogP contribution is -2.64. The predicted octanol–water partition coefficient (Wildman–Crippen LogP) is 2.43. The van der Waals surface area contributed by atoms with Crippen molar-refractivity contribution in [3.63, 3.8) is 0 Å². The zero-order chi connectivity index (χ0) is 72.2.